The summed E-state index contributed by atoms with van der Waals surface area (Å²) in [6, 6.07) is 2.53. The summed E-state index contributed by atoms with van der Waals surface area (Å²) in [5.74, 6) is -0.542. The molecule has 0 aromatic carbocycles. The van der Waals surface area contributed by atoms with Crippen LogP contribution in [0.25, 0.3) is 0 Å². The molecule has 0 N–H and O–H groups in total. The van der Waals surface area contributed by atoms with Gasteiger partial charge in [0.15, 0.2) is 0 Å². The normalized spacial score (nSPS) is 19.2. The molecule has 0 unspecified atom stereocenters. The molecule has 118 valence electrons. The molecule has 2 aliphatic rings. The average molecular weight is 300 g/mol. The molecule has 1 fully saturated rings. The Balaban J connectivity index is 2.30. The van der Waals surface area contributed by atoms with Crippen LogP contribution >= 0.6 is 0 Å². The average Bonchev–Trinajstić information content (AvgIpc) is 2.48. The van der Waals surface area contributed by atoms with Gasteiger partial charge in [0.05, 0.1) is 6.61 Å². The molecular formula is C18H24N2O2. The summed E-state index contributed by atoms with van der Waals surface area (Å²) in [5, 5.41) is 9.28. The molecule has 22 heavy (non-hydrogen) atoms. The highest BCUT2D eigenvalue weighted by molar-refractivity contribution is 5.95. The zero-order chi connectivity index (χ0) is 16.1. The van der Waals surface area contributed by atoms with Crippen LogP contribution in [0.3, 0.4) is 0 Å². The minimum Gasteiger partial charge on any atom is -0.462 e. The van der Waals surface area contributed by atoms with E-state index in [1.807, 2.05) is 32.1 Å². The van der Waals surface area contributed by atoms with Crippen LogP contribution in [0.1, 0.15) is 52.9 Å². The van der Waals surface area contributed by atoms with Crippen molar-refractivity contribution in [2.45, 2.75) is 58.9 Å². The second-order valence-corrected chi connectivity index (χ2v) is 5.90. The van der Waals surface area contributed by atoms with Crippen molar-refractivity contribution < 1.29 is 9.53 Å². The van der Waals surface area contributed by atoms with Gasteiger partial charge in [-0.25, -0.2) is 4.79 Å². The van der Waals surface area contributed by atoms with Crippen molar-refractivity contribution >= 4 is 5.97 Å². The van der Waals surface area contributed by atoms with Crippen molar-refractivity contribution in [2.75, 3.05) is 6.61 Å². The maximum atomic E-state index is 11.9. The molecule has 0 spiro atoms. The van der Waals surface area contributed by atoms with E-state index in [4.69, 9.17) is 4.74 Å². The standard InChI is InChI=1S/C18H24N2O2/c1-4-22-18(21)17(12-19)15-10-13(2)20(14(3)11-15)16-8-6-5-7-9-16/h10-11,16H,4-9H2,1-3H3. The number of esters is 1. The number of hydrogen-bond acceptors (Lipinski definition) is 4. The molecular weight excluding hydrogens is 276 g/mol. The molecule has 0 aromatic heterocycles. The Hall–Kier alpha value is -2.02. The minimum atomic E-state index is -0.542. The zero-order valence-electron chi connectivity index (χ0n) is 13.7. The minimum absolute atomic E-state index is 0.0869. The predicted molar refractivity (Wildman–Crippen MR) is 85.5 cm³/mol. The maximum Gasteiger partial charge on any atom is 0.349 e. The third-order valence-electron chi connectivity index (χ3n) is 4.31. The van der Waals surface area contributed by atoms with Crippen LogP contribution in [-0.4, -0.2) is 23.5 Å². The lowest BCUT2D eigenvalue weighted by Gasteiger charge is -2.39. The zero-order valence-corrected chi connectivity index (χ0v) is 13.7. The van der Waals surface area contributed by atoms with Gasteiger partial charge in [0.1, 0.15) is 11.6 Å². The molecule has 0 atom stereocenters. The van der Waals surface area contributed by atoms with Crippen molar-refractivity contribution in [2.24, 2.45) is 0 Å². The molecule has 4 heteroatoms. The van der Waals surface area contributed by atoms with E-state index < -0.39 is 5.97 Å². The molecule has 1 aliphatic carbocycles. The lowest BCUT2D eigenvalue weighted by atomic mass is 9.92. The molecule has 2 rings (SSSR count). The molecule has 1 aliphatic heterocycles. The number of carbonyl (C=O) groups is 1. The van der Waals surface area contributed by atoms with Gasteiger partial charge in [-0.2, -0.15) is 5.26 Å². The lowest BCUT2D eigenvalue weighted by molar-refractivity contribution is -0.138. The fourth-order valence-corrected chi connectivity index (χ4v) is 3.40. The highest BCUT2D eigenvalue weighted by atomic mass is 16.5. The number of hydrogen-bond donors (Lipinski definition) is 0. The Morgan fingerprint density at radius 1 is 1.27 bits per heavy atom. The number of nitriles is 1. The summed E-state index contributed by atoms with van der Waals surface area (Å²) >= 11 is 0. The number of allylic oxidation sites excluding steroid dienone is 5. The van der Waals surface area contributed by atoms with Gasteiger partial charge in [0.2, 0.25) is 0 Å². The molecule has 0 amide bonds. The van der Waals surface area contributed by atoms with Crippen LogP contribution in [0, 0.1) is 11.3 Å². The summed E-state index contributed by atoms with van der Waals surface area (Å²) in [5.41, 5.74) is 2.93. The van der Waals surface area contributed by atoms with E-state index >= 15 is 0 Å². The first-order valence-electron chi connectivity index (χ1n) is 8.05. The van der Waals surface area contributed by atoms with Crippen LogP contribution < -0.4 is 0 Å². The first-order chi connectivity index (χ1) is 10.6. The van der Waals surface area contributed by atoms with E-state index in [1.165, 1.54) is 32.1 Å². The molecule has 0 radical (unpaired) electrons. The number of nitrogens with zero attached hydrogens (tertiary/aromatic N) is 2. The van der Waals surface area contributed by atoms with Gasteiger partial charge >= 0.3 is 5.97 Å². The molecule has 0 bridgehead atoms. The summed E-state index contributed by atoms with van der Waals surface area (Å²) in [6.45, 7) is 6.11. The Morgan fingerprint density at radius 3 is 2.36 bits per heavy atom. The first-order valence-corrected chi connectivity index (χ1v) is 8.05. The fourth-order valence-electron chi connectivity index (χ4n) is 3.40. The molecule has 1 saturated carbocycles. The topological polar surface area (TPSA) is 53.3 Å². The van der Waals surface area contributed by atoms with Gasteiger partial charge in [0.25, 0.3) is 0 Å². The van der Waals surface area contributed by atoms with Gasteiger partial charge in [-0.1, -0.05) is 19.3 Å². The van der Waals surface area contributed by atoms with Gasteiger partial charge < -0.3 is 9.64 Å². The van der Waals surface area contributed by atoms with E-state index in [-0.39, 0.29) is 12.2 Å². The van der Waals surface area contributed by atoms with E-state index in [0.29, 0.717) is 11.6 Å². The maximum absolute atomic E-state index is 11.9. The highest BCUT2D eigenvalue weighted by Crippen LogP contribution is 2.32. The van der Waals surface area contributed by atoms with Crippen molar-refractivity contribution in [3.8, 4) is 6.07 Å². The third kappa shape index (κ3) is 3.41. The lowest BCUT2D eigenvalue weighted by Crippen LogP contribution is -2.35. The molecule has 0 aromatic rings. The molecule has 0 saturated heterocycles. The van der Waals surface area contributed by atoms with Crippen molar-refractivity contribution in [3.05, 3.63) is 34.7 Å². The van der Waals surface area contributed by atoms with Crippen LogP contribution in [0.5, 0.6) is 0 Å². The summed E-state index contributed by atoms with van der Waals surface area (Å²) in [4.78, 5) is 14.2. The van der Waals surface area contributed by atoms with Crippen molar-refractivity contribution in [1.29, 1.82) is 5.26 Å². The van der Waals surface area contributed by atoms with E-state index in [1.54, 1.807) is 6.92 Å². The summed E-state index contributed by atoms with van der Waals surface area (Å²) in [6.07, 6.45) is 10.1. The second kappa shape index (κ2) is 7.31. The number of ether oxygens (including phenoxy) is 1. The smallest absolute Gasteiger partial charge is 0.349 e. The Labute approximate surface area is 132 Å². The Morgan fingerprint density at radius 2 is 1.86 bits per heavy atom. The van der Waals surface area contributed by atoms with Crippen molar-refractivity contribution in [3.63, 3.8) is 0 Å². The number of carbonyl (C=O) groups excluding carboxylic acids is 1. The van der Waals surface area contributed by atoms with Crippen LogP contribution in [0.4, 0.5) is 0 Å². The molecule has 1 heterocycles. The summed E-state index contributed by atoms with van der Waals surface area (Å²) < 4.78 is 4.97. The van der Waals surface area contributed by atoms with E-state index in [0.717, 1.165) is 11.4 Å². The second-order valence-electron chi connectivity index (χ2n) is 5.90. The van der Waals surface area contributed by atoms with E-state index in [2.05, 4.69) is 4.90 Å². The van der Waals surface area contributed by atoms with Gasteiger partial charge in [-0.3, -0.25) is 0 Å². The van der Waals surface area contributed by atoms with Gasteiger partial charge in [0, 0.05) is 23.0 Å². The van der Waals surface area contributed by atoms with Crippen molar-refractivity contribution in [1.82, 2.24) is 4.90 Å². The number of rotatable bonds is 3. The largest absolute Gasteiger partial charge is 0.462 e. The molecule has 4 nitrogen and oxygen atoms in total. The quantitative estimate of drug-likeness (QED) is 0.451. The summed E-state index contributed by atoms with van der Waals surface area (Å²) in [7, 11) is 0. The predicted octanol–water partition coefficient (Wildman–Crippen LogP) is 3.83. The van der Waals surface area contributed by atoms with E-state index in [9.17, 15) is 10.1 Å². The first kappa shape index (κ1) is 16.4. The highest BCUT2D eigenvalue weighted by Gasteiger charge is 2.26. The Bertz CT molecular complexity index is 550. The third-order valence-corrected chi connectivity index (χ3v) is 4.31. The fraction of sp³-hybridized carbons (Fsp3) is 0.556. The van der Waals surface area contributed by atoms with Crippen LogP contribution in [0.2, 0.25) is 0 Å². The van der Waals surface area contributed by atoms with Crippen LogP contribution in [-0.2, 0) is 9.53 Å². The van der Waals surface area contributed by atoms with Crippen LogP contribution in [0.15, 0.2) is 34.7 Å². The Kier molecular flexibility index (Phi) is 5.43. The van der Waals surface area contributed by atoms with Gasteiger partial charge in [-0.15, -0.1) is 0 Å². The monoisotopic (exact) mass is 300 g/mol. The SMILES string of the molecule is CCOC(=O)C(C#N)=C1C=C(C)N(C2CCCCC2)C(C)=C1. The van der Waals surface area contributed by atoms with Gasteiger partial charge in [-0.05, 0) is 45.8 Å².